The van der Waals surface area contributed by atoms with E-state index >= 15 is 0 Å². The van der Waals surface area contributed by atoms with E-state index in [0.29, 0.717) is 12.2 Å². The summed E-state index contributed by atoms with van der Waals surface area (Å²) in [5.74, 6) is -1.12. The zero-order valence-corrected chi connectivity index (χ0v) is 23.9. The van der Waals surface area contributed by atoms with Crippen LogP contribution in [0, 0.1) is 5.92 Å². The SMILES string of the molecule is C[C@H]1[C@@H](CN(C)[C@@H](C)c2ccccc2)O[C@@H](c2cccc(NC(=O)CCCC(=O)O)c2)O[C@H]1c1ccc(CO)cc1. The van der Waals surface area contributed by atoms with Crippen molar-refractivity contribution in [3.8, 4) is 0 Å². The molecule has 0 aromatic heterocycles. The van der Waals surface area contributed by atoms with Gasteiger partial charge in [-0.1, -0.05) is 73.7 Å². The van der Waals surface area contributed by atoms with E-state index < -0.39 is 12.3 Å². The van der Waals surface area contributed by atoms with Gasteiger partial charge in [-0.3, -0.25) is 14.5 Å². The number of carboxylic acid groups (broad SMARTS) is 1. The number of amides is 1. The van der Waals surface area contributed by atoms with Crippen LogP contribution in [-0.4, -0.2) is 46.7 Å². The molecule has 8 heteroatoms. The molecule has 3 aromatic carbocycles. The number of aliphatic hydroxyl groups is 1. The van der Waals surface area contributed by atoms with Crippen LogP contribution in [0.25, 0.3) is 0 Å². The van der Waals surface area contributed by atoms with Crippen LogP contribution in [0.3, 0.4) is 0 Å². The van der Waals surface area contributed by atoms with Crippen molar-refractivity contribution in [3.63, 3.8) is 0 Å². The van der Waals surface area contributed by atoms with Gasteiger partial charge in [0.05, 0.1) is 18.8 Å². The molecule has 0 bridgehead atoms. The molecule has 218 valence electrons. The highest BCUT2D eigenvalue weighted by molar-refractivity contribution is 5.90. The molecule has 0 unspecified atom stereocenters. The van der Waals surface area contributed by atoms with E-state index in [1.807, 2.05) is 60.7 Å². The third kappa shape index (κ3) is 8.24. The number of carboxylic acids is 1. The van der Waals surface area contributed by atoms with Crippen LogP contribution in [-0.2, 0) is 25.7 Å². The van der Waals surface area contributed by atoms with Crippen LogP contribution < -0.4 is 5.32 Å². The van der Waals surface area contributed by atoms with Crippen LogP contribution in [0.15, 0.2) is 78.9 Å². The molecule has 4 rings (SSSR count). The lowest BCUT2D eigenvalue weighted by Gasteiger charge is -2.43. The number of hydrogen-bond acceptors (Lipinski definition) is 6. The molecule has 1 aliphatic heterocycles. The predicted octanol–water partition coefficient (Wildman–Crippen LogP) is 5.86. The highest BCUT2D eigenvalue weighted by Crippen LogP contribution is 2.42. The number of likely N-dealkylation sites (N-methyl/N-ethyl adjacent to an activating group) is 1. The third-order valence-corrected chi connectivity index (χ3v) is 7.77. The van der Waals surface area contributed by atoms with Gasteiger partial charge in [0, 0.05) is 42.6 Å². The molecule has 0 aliphatic carbocycles. The molecule has 0 saturated carbocycles. The first-order chi connectivity index (χ1) is 19.7. The number of aliphatic carboxylic acids is 1. The van der Waals surface area contributed by atoms with E-state index in [0.717, 1.165) is 16.7 Å². The molecule has 5 atom stereocenters. The summed E-state index contributed by atoms with van der Waals surface area (Å²) in [5, 5.41) is 21.2. The van der Waals surface area contributed by atoms with Crippen molar-refractivity contribution in [1.82, 2.24) is 4.90 Å². The number of hydrogen-bond donors (Lipinski definition) is 3. The number of nitrogens with one attached hydrogen (secondary N) is 1. The molecule has 8 nitrogen and oxygen atoms in total. The summed E-state index contributed by atoms with van der Waals surface area (Å²) in [6.45, 7) is 4.99. The van der Waals surface area contributed by atoms with E-state index in [-0.39, 0.29) is 55.9 Å². The fourth-order valence-corrected chi connectivity index (χ4v) is 5.14. The molecule has 3 N–H and O–H groups in total. The Hall–Kier alpha value is -3.56. The van der Waals surface area contributed by atoms with Gasteiger partial charge in [0.1, 0.15) is 0 Å². The first kappa shape index (κ1) is 30.4. The first-order valence-electron chi connectivity index (χ1n) is 14.1. The van der Waals surface area contributed by atoms with Gasteiger partial charge in [-0.25, -0.2) is 0 Å². The van der Waals surface area contributed by atoms with Crippen molar-refractivity contribution in [1.29, 1.82) is 0 Å². The van der Waals surface area contributed by atoms with Gasteiger partial charge >= 0.3 is 5.97 Å². The van der Waals surface area contributed by atoms with E-state index in [1.165, 1.54) is 5.56 Å². The number of benzene rings is 3. The lowest BCUT2D eigenvalue weighted by Crippen LogP contribution is -2.44. The quantitative estimate of drug-likeness (QED) is 0.255. The maximum atomic E-state index is 12.4. The fraction of sp³-hybridized carbons (Fsp3) is 0.394. The highest BCUT2D eigenvalue weighted by Gasteiger charge is 2.39. The molecule has 41 heavy (non-hydrogen) atoms. The van der Waals surface area contributed by atoms with Crippen molar-refractivity contribution in [3.05, 3.63) is 101 Å². The zero-order valence-electron chi connectivity index (χ0n) is 23.9. The number of rotatable bonds is 12. The van der Waals surface area contributed by atoms with Crippen LogP contribution in [0.4, 0.5) is 5.69 Å². The van der Waals surface area contributed by atoms with Crippen molar-refractivity contribution in [2.75, 3.05) is 18.9 Å². The molecule has 1 heterocycles. The molecule has 1 saturated heterocycles. The van der Waals surface area contributed by atoms with Crippen LogP contribution in [0.1, 0.15) is 73.8 Å². The Labute approximate surface area is 241 Å². The first-order valence-corrected chi connectivity index (χ1v) is 14.1. The summed E-state index contributed by atoms with van der Waals surface area (Å²) < 4.78 is 13.2. The van der Waals surface area contributed by atoms with E-state index in [4.69, 9.17) is 14.6 Å². The zero-order chi connectivity index (χ0) is 29.4. The van der Waals surface area contributed by atoms with Crippen molar-refractivity contribution in [2.45, 2.75) is 64.3 Å². The standard InChI is InChI=1S/C33H40N2O6/c1-22-29(20-35(3)23(2)25-9-5-4-6-10-25)40-33(41-32(22)26-17-15-24(21-36)16-18-26)27-11-7-12-28(19-27)34-30(37)13-8-14-31(38)39/h4-7,9-12,15-19,22-23,29,32-33,36H,8,13-14,20-21H2,1-3H3,(H,34,37)(H,38,39)/t22-,23-,29+,32+,33+/m0/s1. The number of carbonyl (C=O) groups is 2. The minimum atomic E-state index is -0.917. The lowest BCUT2D eigenvalue weighted by molar-refractivity contribution is -0.276. The Balaban J connectivity index is 1.55. The molecular formula is C33H40N2O6. The van der Waals surface area contributed by atoms with Gasteiger partial charge in [0.25, 0.3) is 0 Å². The summed E-state index contributed by atoms with van der Waals surface area (Å²) in [7, 11) is 2.10. The molecule has 3 aromatic rings. The number of carbonyl (C=O) groups excluding carboxylic acids is 1. The number of anilines is 1. The largest absolute Gasteiger partial charge is 0.481 e. The topological polar surface area (TPSA) is 108 Å². The monoisotopic (exact) mass is 560 g/mol. The minimum absolute atomic E-state index is 0.0211. The number of ether oxygens (including phenoxy) is 2. The van der Waals surface area contributed by atoms with E-state index in [1.54, 1.807) is 6.07 Å². The summed E-state index contributed by atoms with van der Waals surface area (Å²) in [4.78, 5) is 25.4. The second kappa shape index (κ2) is 14.4. The van der Waals surface area contributed by atoms with E-state index in [2.05, 4.69) is 43.2 Å². The van der Waals surface area contributed by atoms with Gasteiger partial charge in [0.2, 0.25) is 5.91 Å². The van der Waals surface area contributed by atoms with E-state index in [9.17, 15) is 14.7 Å². The molecule has 0 radical (unpaired) electrons. The molecule has 1 aliphatic rings. The molecule has 1 amide bonds. The smallest absolute Gasteiger partial charge is 0.303 e. The maximum Gasteiger partial charge on any atom is 0.303 e. The number of aliphatic hydroxyl groups excluding tert-OH is 1. The Bertz CT molecular complexity index is 1280. The second-order valence-electron chi connectivity index (χ2n) is 10.8. The summed E-state index contributed by atoms with van der Waals surface area (Å²) in [6.07, 6.45) is -0.703. The highest BCUT2D eigenvalue weighted by atomic mass is 16.7. The van der Waals surface area contributed by atoms with Gasteiger partial charge in [-0.2, -0.15) is 0 Å². The molecule has 1 fully saturated rings. The maximum absolute atomic E-state index is 12.4. The van der Waals surface area contributed by atoms with Crippen LogP contribution in [0.5, 0.6) is 0 Å². The van der Waals surface area contributed by atoms with Gasteiger partial charge in [-0.15, -0.1) is 0 Å². The normalized spacial score (nSPS) is 21.4. The van der Waals surface area contributed by atoms with Gasteiger partial charge in [-0.05, 0) is 49.2 Å². The predicted molar refractivity (Wildman–Crippen MR) is 157 cm³/mol. The number of nitrogens with zero attached hydrogens (tertiary/aromatic N) is 1. The Kier molecular flexibility index (Phi) is 10.7. The molecular weight excluding hydrogens is 520 g/mol. The Morgan fingerprint density at radius 3 is 2.37 bits per heavy atom. The van der Waals surface area contributed by atoms with Crippen LogP contribution >= 0.6 is 0 Å². The fourth-order valence-electron chi connectivity index (χ4n) is 5.14. The van der Waals surface area contributed by atoms with Gasteiger partial charge in [0.15, 0.2) is 6.29 Å². The van der Waals surface area contributed by atoms with Crippen LogP contribution in [0.2, 0.25) is 0 Å². The summed E-state index contributed by atoms with van der Waals surface area (Å²) >= 11 is 0. The molecule has 0 spiro atoms. The average Bonchev–Trinajstić information content (AvgIpc) is 2.98. The lowest BCUT2D eigenvalue weighted by atomic mass is 9.89. The summed E-state index contributed by atoms with van der Waals surface area (Å²) in [5.41, 5.74) is 4.46. The average molecular weight is 561 g/mol. The van der Waals surface area contributed by atoms with Crippen molar-refractivity contribution >= 4 is 17.6 Å². The van der Waals surface area contributed by atoms with Gasteiger partial charge < -0.3 is 25.0 Å². The van der Waals surface area contributed by atoms with Crippen molar-refractivity contribution in [2.24, 2.45) is 5.92 Å². The third-order valence-electron chi connectivity index (χ3n) is 7.77. The Morgan fingerprint density at radius 1 is 0.951 bits per heavy atom. The Morgan fingerprint density at radius 2 is 1.68 bits per heavy atom. The minimum Gasteiger partial charge on any atom is -0.481 e. The summed E-state index contributed by atoms with van der Waals surface area (Å²) in [6, 6.07) is 25.8. The van der Waals surface area contributed by atoms with Crippen molar-refractivity contribution < 1.29 is 29.3 Å². The second-order valence-corrected chi connectivity index (χ2v) is 10.8.